The van der Waals surface area contributed by atoms with Crippen LogP contribution in [0.25, 0.3) is 0 Å². The van der Waals surface area contributed by atoms with Gasteiger partial charge in [-0.15, -0.1) is 0 Å². The molecule has 1 amide bonds. The minimum Gasteiger partial charge on any atom is -0.331 e. The molecule has 0 bridgehead atoms. The molecule has 17 heavy (non-hydrogen) atoms. The van der Waals surface area contributed by atoms with Gasteiger partial charge in [-0.05, 0) is 32.2 Å². The van der Waals surface area contributed by atoms with Crippen LogP contribution in [0.3, 0.4) is 0 Å². The number of alkyl halides is 3. The van der Waals surface area contributed by atoms with Gasteiger partial charge < -0.3 is 10.6 Å². The fourth-order valence-electron chi connectivity index (χ4n) is 1.74. The number of unbranched alkanes of at least 4 members (excludes halogenated alkanes) is 2. The van der Waals surface area contributed by atoms with Crippen LogP contribution in [0.5, 0.6) is 0 Å². The summed E-state index contributed by atoms with van der Waals surface area (Å²) in [6.07, 6.45) is -0.461. The Morgan fingerprint density at radius 1 is 1.24 bits per heavy atom. The lowest BCUT2D eigenvalue weighted by molar-refractivity contribution is -0.162. The minimum atomic E-state index is -4.30. The van der Waals surface area contributed by atoms with Gasteiger partial charge in [0.2, 0.25) is 5.91 Å². The summed E-state index contributed by atoms with van der Waals surface area (Å²) < 4.78 is 36.9. The predicted molar refractivity (Wildman–Crippen MR) is 58.3 cm³/mol. The van der Waals surface area contributed by atoms with Gasteiger partial charge in [0, 0.05) is 12.5 Å². The molecular weight excluding hydrogens is 233 g/mol. The summed E-state index contributed by atoms with van der Waals surface area (Å²) >= 11 is 0. The standard InChI is InChI=1S/C11H19F3N2O/c12-11(13,14)8-16(9-5-6-9)10(17)4-2-1-3-7-15/h9H,1-8,15H2. The van der Waals surface area contributed by atoms with E-state index in [4.69, 9.17) is 5.73 Å². The molecule has 6 heteroatoms. The maximum absolute atomic E-state index is 12.3. The molecule has 0 aromatic rings. The molecule has 0 saturated heterocycles. The Hall–Kier alpha value is -0.780. The van der Waals surface area contributed by atoms with Crippen molar-refractivity contribution in [3.8, 4) is 0 Å². The molecule has 0 radical (unpaired) electrons. The van der Waals surface area contributed by atoms with Crippen molar-refractivity contribution in [2.45, 2.75) is 50.7 Å². The zero-order chi connectivity index (χ0) is 12.9. The summed E-state index contributed by atoms with van der Waals surface area (Å²) in [5.74, 6) is -0.373. The van der Waals surface area contributed by atoms with Gasteiger partial charge in [-0.25, -0.2) is 0 Å². The Kier molecular flexibility index (Phi) is 5.24. The second kappa shape index (κ2) is 6.23. The third-order valence-electron chi connectivity index (χ3n) is 2.75. The Morgan fingerprint density at radius 3 is 2.35 bits per heavy atom. The number of amides is 1. The fourth-order valence-corrected chi connectivity index (χ4v) is 1.74. The van der Waals surface area contributed by atoms with E-state index >= 15 is 0 Å². The Balaban J connectivity index is 2.33. The maximum atomic E-state index is 12.3. The van der Waals surface area contributed by atoms with E-state index in [-0.39, 0.29) is 18.4 Å². The quantitative estimate of drug-likeness (QED) is 0.705. The van der Waals surface area contributed by atoms with Gasteiger partial charge in [0.25, 0.3) is 0 Å². The molecule has 1 rings (SSSR count). The van der Waals surface area contributed by atoms with Crippen molar-refractivity contribution in [3.05, 3.63) is 0 Å². The van der Waals surface area contributed by atoms with Gasteiger partial charge >= 0.3 is 6.18 Å². The second-order valence-corrected chi connectivity index (χ2v) is 4.47. The fraction of sp³-hybridized carbons (Fsp3) is 0.909. The summed E-state index contributed by atoms with van der Waals surface area (Å²) in [5.41, 5.74) is 5.30. The van der Waals surface area contributed by atoms with Gasteiger partial charge in [0.1, 0.15) is 6.54 Å². The average molecular weight is 252 g/mol. The van der Waals surface area contributed by atoms with E-state index in [1.54, 1.807) is 0 Å². The van der Waals surface area contributed by atoms with E-state index in [9.17, 15) is 18.0 Å². The monoisotopic (exact) mass is 252 g/mol. The van der Waals surface area contributed by atoms with E-state index in [0.29, 0.717) is 25.8 Å². The van der Waals surface area contributed by atoms with Crippen LogP contribution in [-0.4, -0.2) is 36.1 Å². The Morgan fingerprint density at radius 2 is 1.88 bits per heavy atom. The molecule has 1 fully saturated rings. The number of nitrogens with zero attached hydrogens (tertiary/aromatic N) is 1. The highest BCUT2D eigenvalue weighted by atomic mass is 19.4. The number of carbonyl (C=O) groups is 1. The molecule has 100 valence electrons. The lowest BCUT2D eigenvalue weighted by Gasteiger charge is -2.23. The first-order valence-electron chi connectivity index (χ1n) is 6.00. The van der Waals surface area contributed by atoms with Crippen molar-refractivity contribution in [1.82, 2.24) is 4.90 Å². The van der Waals surface area contributed by atoms with Crippen LogP contribution >= 0.6 is 0 Å². The first-order valence-corrected chi connectivity index (χ1v) is 6.00. The highest BCUT2D eigenvalue weighted by Crippen LogP contribution is 2.30. The van der Waals surface area contributed by atoms with E-state index in [0.717, 1.165) is 17.7 Å². The summed E-state index contributed by atoms with van der Waals surface area (Å²) in [4.78, 5) is 12.6. The van der Waals surface area contributed by atoms with Crippen LogP contribution in [0.2, 0.25) is 0 Å². The number of halogens is 3. The van der Waals surface area contributed by atoms with Crippen molar-refractivity contribution in [2.75, 3.05) is 13.1 Å². The number of carbonyl (C=O) groups excluding carboxylic acids is 1. The van der Waals surface area contributed by atoms with Crippen LogP contribution in [0.4, 0.5) is 13.2 Å². The lowest BCUT2D eigenvalue weighted by atomic mass is 10.2. The Labute approximate surface area is 99.1 Å². The molecule has 0 aliphatic heterocycles. The molecule has 0 aromatic carbocycles. The number of hydrogen-bond acceptors (Lipinski definition) is 2. The van der Waals surface area contributed by atoms with Gasteiger partial charge in [-0.2, -0.15) is 13.2 Å². The highest BCUT2D eigenvalue weighted by Gasteiger charge is 2.40. The molecule has 1 saturated carbocycles. The summed E-state index contributed by atoms with van der Waals surface area (Å²) in [7, 11) is 0. The SMILES string of the molecule is NCCCCCC(=O)N(CC(F)(F)F)C1CC1. The van der Waals surface area contributed by atoms with Gasteiger partial charge in [0.05, 0.1) is 0 Å². The second-order valence-electron chi connectivity index (χ2n) is 4.47. The van der Waals surface area contributed by atoms with Crippen molar-refractivity contribution < 1.29 is 18.0 Å². The normalized spacial score (nSPS) is 16.0. The smallest absolute Gasteiger partial charge is 0.331 e. The minimum absolute atomic E-state index is 0.182. The molecule has 0 heterocycles. The summed E-state index contributed by atoms with van der Waals surface area (Å²) in [5, 5.41) is 0. The van der Waals surface area contributed by atoms with Gasteiger partial charge in [-0.3, -0.25) is 4.79 Å². The van der Waals surface area contributed by atoms with E-state index in [2.05, 4.69) is 0 Å². The van der Waals surface area contributed by atoms with Crippen LogP contribution in [0, 0.1) is 0 Å². The molecule has 1 aliphatic carbocycles. The first-order chi connectivity index (χ1) is 7.94. The average Bonchev–Trinajstić information content (AvgIpc) is 3.03. The van der Waals surface area contributed by atoms with E-state index in [1.165, 1.54) is 0 Å². The summed E-state index contributed by atoms with van der Waals surface area (Å²) in [6, 6.07) is -0.182. The number of nitrogens with two attached hydrogens (primary N) is 1. The van der Waals surface area contributed by atoms with E-state index < -0.39 is 12.7 Å². The summed E-state index contributed by atoms with van der Waals surface area (Å²) in [6.45, 7) is -0.545. The van der Waals surface area contributed by atoms with Gasteiger partial charge in [0.15, 0.2) is 0 Å². The molecular formula is C11H19F3N2O. The molecule has 1 aliphatic rings. The highest BCUT2D eigenvalue weighted by molar-refractivity contribution is 5.76. The third kappa shape index (κ3) is 5.91. The maximum Gasteiger partial charge on any atom is 0.406 e. The van der Waals surface area contributed by atoms with E-state index in [1.807, 2.05) is 0 Å². The van der Waals surface area contributed by atoms with Crippen molar-refractivity contribution in [1.29, 1.82) is 0 Å². The van der Waals surface area contributed by atoms with Gasteiger partial charge in [-0.1, -0.05) is 6.42 Å². The third-order valence-corrected chi connectivity index (χ3v) is 2.75. The van der Waals surface area contributed by atoms with Crippen LogP contribution in [-0.2, 0) is 4.79 Å². The molecule has 2 N–H and O–H groups in total. The largest absolute Gasteiger partial charge is 0.406 e. The molecule has 3 nitrogen and oxygen atoms in total. The molecule has 0 aromatic heterocycles. The molecule has 0 spiro atoms. The topological polar surface area (TPSA) is 46.3 Å². The van der Waals surface area contributed by atoms with Crippen LogP contribution < -0.4 is 5.73 Å². The number of hydrogen-bond donors (Lipinski definition) is 1. The van der Waals surface area contributed by atoms with Crippen LogP contribution in [0.1, 0.15) is 38.5 Å². The zero-order valence-corrected chi connectivity index (χ0v) is 9.80. The molecule has 0 atom stereocenters. The predicted octanol–water partition coefficient (Wildman–Crippen LogP) is 2.06. The zero-order valence-electron chi connectivity index (χ0n) is 9.80. The van der Waals surface area contributed by atoms with Crippen molar-refractivity contribution >= 4 is 5.91 Å². The first kappa shape index (κ1) is 14.3. The van der Waals surface area contributed by atoms with Crippen LogP contribution in [0.15, 0.2) is 0 Å². The molecule has 0 unspecified atom stereocenters. The Bertz CT molecular complexity index is 252. The van der Waals surface area contributed by atoms with Crippen molar-refractivity contribution in [3.63, 3.8) is 0 Å². The van der Waals surface area contributed by atoms with Crippen molar-refractivity contribution in [2.24, 2.45) is 5.73 Å². The number of rotatable bonds is 7. The lowest BCUT2D eigenvalue weighted by Crippen LogP contribution is -2.40.